The summed E-state index contributed by atoms with van der Waals surface area (Å²) < 4.78 is 0. The summed E-state index contributed by atoms with van der Waals surface area (Å²) >= 11 is 0. The van der Waals surface area contributed by atoms with Crippen LogP contribution in [0.25, 0.3) is 0 Å². The number of aliphatic carboxylic acids is 1. The second kappa shape index (κ2) is 4.56. The van der Waals surface area contributed by atoms with Crippen LogP contribution >= 0.6 is 0 Å². The predicted molar refractivity (Wildman–Crippen MR) is 52.4 cm³/mol. The minimum atomic E-state index is -0.821. The zero-order chi connectivity index (χ0) is 10.6. The van der Waals surface area contributed by atoms with Crippen LogP contribution in [0.1, 0.15) is 29.3 Å². The Kier molecular flexibility index (Phi) is 3.40. The molecular formula is C11H12O3. The van der Waals surface area contributed by atoms with Gasteiger partial charge in [0.25, 0.3) is 0 Å². The molecule has 1 rings (SSSR count). The molecule has 0 saturated carbocycles. The number of carboxylic acids is 1. The molecule has 0 radical (unpaired) electrons. The molecule has 0 aliphatic rings. The summed E-state index contributed by atoms with van der Waals surface area (Å²) in [6.45, 7) is 1.50. The number of carbonyl (C=O) groups excluding carboxylic acids is 1. The SMILES string of the molecule is CC(=O)c1cccc(CCC(=O)O)c1. The Hall–Kier alpha value is -1.64. The Morgan fingerprint density at radius 1 is 1.36 bits per heavy atom. The molecule has 0 fully saturated rings. The largest absolute Gasteiger partial charge is 0.481 e. The van der Waals surface area contributed by atoms with Crippen molar-refractivity contribution in [3.63, 3.8) is 0 Å². The molecule has 0 atom stereocenters. The first-order chi connectivity index (χ1) is 6.59. The molecule has 1 aromatic carbocycles. The molecule has 0 amide bonds. The number of ketones is 1. The summed E-state index contributed by atoms with van der Waals surface area (Å²) in [7, 11) is 0. The maximum Gasteiger partial charge on any atom is 0.303 e. The third-order valence-corrected chi connectivity index (χ3v) is 1.96. The molecule has 3 heteroatoms. The first kappa shape index (κ1) is 10.4. The molecule has 1 aromatic rings. The van der Waals surface area contributed by atoms with Crippen LogP contribution in [0.3, 0.4) is 0 Å². The third kappa shape index (κ3) is 3.01. The smallest absolute Gasteiger partial charge is 0.303 e. The van der Waals surface area contributed by atoms with E-state index in [1.54, 1.807) is 18.2 Å². The molecule has 0 bridgehead atoms. The van der Waals surface area contributed by atoms with Crippen molar-refractivity contribution in [2.75, 3.05) is 0 Å². The topological polar surface area (TPSA) is 54.4 Å². The first-order valence-corrected chi connectivity index (χ1v) is 4.41. The van der Waals surface area contributed by atoms with E-state index in [4.69, 9.17) is 5.11 Å². The van der Waals surface area contributed by atoms with Crippen LogP contribution in [0.2, 0.25) is 0 Å². The van der Waals surface area contributed by atoms with Crippen LogP contribution in [0.5, 0.6) is 0 Å². The van der Waals surface area contributed by atoms with Crippen LogP contribution in [0, 0.1) is 0 Å². The fourth-order valence-electron chi connectivity index (χ4n) is 1.20. The Balaban J connectivity index is 2.73. The number of carbonyl (C=O) groups is 2. The van der Waals surface area contributed by atoms with Crippen molar-refractivity contribution in [2.24, 2.45) is 0 Å². The zero-order valence-electron chi connectivity index (χ0n) is 7.99. The number of hydrogen-bond donors (Lipinski definition) is 1. The monoisotopic (exact) mass is 192 g/mol. The van der Waals surface area contributed by atoms with Gasteiger partial charge in [0.05, 0.1) is 0 Å². The fourth-order valence-corrected chi connectivity index (χ4v) is 1.20. The van der Waals surface area contributed by atoms with Crippen LogP contribution in [0.15, 0.2) is 24.3 Å². The lowest BCUT2D eigenvalue weighted by molar-refractivity contribution is -0.136. The summed E-state index contributed by atoms with van der Waals surface area (Å²) in [6, 6.07) is 7.07. The van der Waals surface area contributed by atoms with Gasteiger partial charge in [0.1, 0.15) is 0 Å². The lowest BCUT2D eigenvalue weighted by Gasteiger charge is -2.00. The normalized spacial score (nSPS) is 9.79. The van der Waals surface area contributed by atoms with Gasteiger partial charge in [-0.2, -0.15) is 0 Å². The molecule has 3 nitrogen and oxygen atoms in total. The lowest BCUT2D eigenvalue weighted by atomic mass is 10.0. The predicted octanol–water partition coefficient (Wildman–Crippen LogP) is 1.91. The van der Waals surface area contributed by atoms with Crippen LogP contribution in [-0.4, -0.2) is 16.9 Å². The third-order valence-electron chi connectivity index (χ3n) is 1.96. The van der Waals surface area contributed by atoms with E-state index in [9.17, 15) is 9.59 Å². The highest BCUT2D eigenvalue weighted by Crippen LogP contribution is 2.08. The van der Waals surface area contributed by atoms with Crippen LogP contribution < -0.4 is 0 Å². The van der Waals surface area contributed by atoms with Crippen molar-refractivity contribution in [1.29, 1.82) is 0 Å². The summed E-state index contributed by atoms with van der Waals surface area (Å²) in [5.41, 5.74) is 1.52. The highest BCUT2D eigenvalue weighted by molar-refractivity contribution is 5.94. The number of benzene rings is 1. The van der Waals surface area contributed by atoms with Gasteiger partial charge in [0, 0.05) is 12.0 Å². The van der Waals surface area contributed by atoms with Crippen molar-refractivity contribution in [3.05, 3.63) is 35.4 Å². The molecule has 0 heterocycles. The van der Waals surface area contributed by atoms with Gasteiger partial charge in [0.15, 0.2) is 5.78 Å². The Labute approximate surface area is 82.4 Å². The molecule has 1 N–H and O–H groups in total. The quantitative estimate of drug-likeness (QED) is 0.741. The number of hydrogen-bond acceptors (Lipinski definition) is 2. The average molecular weight is 192 g/mol. The van der Waals surface area contributed by atoms with Gasteiger partial charge in [-0.3, -0.25) is 9.59 Å². The van der Waals surface area contributed by atoms with Crippen LogP contribution in [-0.2, 0) is 11.2 Å². The van der Waals surface area contributed by atoms with E-state index in [2.05, 4.69) is 0 Å². The fraction of sp³-hybridized carbons (Fsp3) is 0.273. The molecule has 0 aromatic heterocycles. The average Bonchev–Trinajstić information content (AvgIpc) is 2.15. The van der Waals surface area contributed by atoms with E-state index in [0.29, 0.717) is 12.0 Å². The van der Waals surface area contributed by atoms with E-state index < -0.39 is 5.97 Å². The minimum absolute atomic E-state index is 0.00201. The highest BCUT2D eigenvalue weighted by Gasteiger charge is 2.02. The first-order valence-electron chi connectivity index (χ1n) is 4.41. The van der Waals surface area contributed by atoms with Crippen LogP contribution in [0.4, 0.5) is 0 Å². The van der Waals surface area contributed by atoms with Gasteiger partial charge in [-0.15, -0.1) is 0 Å². The van der Waals surface area contributed by atoms with Crippen molar-refractivity contribution >= 4 is 11.8 Å². The van der Waals surface area contributed by atoms with Gasteiger partial charge in [-0.25, -0.2) is 0 Å². The number of rotatable bonds is 4. The highest BCUT2D eigenvalue weighted by atomic mass is 16.4. The molecule has 14 heavy (non-hydrogen) atoms. The minimum Gasteiger partial charge on any atom is -0.481 e. The van der Waals surface area contributed by atoms with Gasteiger partial charge in [-0.1, -0.05) is 18.2 Å². The molecule has 0 spiro atoms. The van der Waals surface area contributed by atoms with Gasteiger partial charge in [-0.05, 0) is 25.0 Å². The number of aryl methyl sites for hydroxylation is 1. The van der Waals surface area contributed by atoms with E-state index >= 15 is 0 Å². The van der Waals surface area contributed by atoms with Crippen molar-refractivity contribution in [1.82, 2.24) is 0 Å². The van der Waals surface area contributed by atoms with E-state index in [0.717, 1.165) is 5.56 Å². The Bertz CT molecular complexity index is 355. The molecule has 74 valence electrons. The second-order valence-corrected chi connectivity index (χ2v) is 3.15. The summed E-state index contributed by atoms with van der Waals surface area (Å²) in [5, 5.41) is 8.49. The van der Waals surface area contributed by atoms with E-state index in [1.807, 2.05) is 6.07 Å². The van der Waals surface area contributed by atoms with E-state index in [1.165, 1.54) is 6.92 Å². The maximum absolute atomic E-state index is 11.0. The molecule has 0 unspecified atom stereocenters. The van der Waals surface area contributed by atoms with Gasteiger partial charge >= 0.3 is 5.97 Å². The summed E-state index contributed by atoms with van der Waals surface area (Å²) in [6.07, 6.45) is 0.567. The lowest BCUT2D eigenvalue weighted by Crippen LogP contribution is -1.99. The summed E-state index contributed by atoms with van der Waals surface area (Å²) in [4.78, 5) is 21.3. The standard InChI is InChI=1S/C11H12O3/c1-8(12)10-4-2-3-9(7-10)5-6-11(13)14/h2-4,7H,5-6H2,1H3,(H,13,14). The second-order valence-electron chi connectivity index (χ2n) is 3.15. The Morgan fingerprint density at radius 3 is 2.64 bits per heavy atom. The Morgan fingerprint density at radius 2 is 2.07 bits per heavy atom. The molecular weight excluding hydrogens is 180 g/mol. The zero-order valence-corrected chi connectivity index (χ0v) is 7.99. The van der Waals surface area contributed by atoms with E-state index in [-0.39, 0.29) is 12.2 Å². The van der Waals surface area contributed by atoms with Crippen molar-refractivity contribution in [3.8, 4) is 0 Å². The summed E-state index contributed by atoms with van der Waals surface area (Å²) in [5.74, 6) is -0.819. The molecule has 0 aliphatic heterocycles. The number of carboxylic acid groups (broad SMARTS) is 1. The van der Waals surface area contributed by atoms with Gasteiger partial charge in [0.2, 0.25) is 0 Å². The van der Waals surface area contributed by atoms with Crippen molar-refractivity contribution in [2.45, 2.75) is 19.8 Å². The molecule has 0 saturated heterocycles. The van der Waals surface area contributed by atoms with Gasteiger partial charge < -0.3 is 5.11 Å². The molecule has 0 aliphatic carbocycles. The maximum atomic E-state index is 11.0. The van der Waals surface area contributed by atoms with Crippen molar-refractivity contribution < 1.29 is 14.7 Å². The number of Topliss-reactive ketones (excluding diaryl/α,β-unsaturated/α-hetero) is 1.